The van der Waals surface area contributed by atoms with Gasteiger partial charge in [-0.05, 0) is 32.0 Å². The quantitative estimate of drug-likeness (QED) is 0.803. The summed E-state index contributed by atoms with van der Waals surface area (Å²) < 4.78 is 35.0. The van der Waals surface area contributed by atoms with Crippen molar-refractivity contribution in [3.8, 4) is 0 Å². The molecule has 0 aliphatic carbocycles. The Hall–Kier alpha value is -1.68. The number of morpholine rings is 1. The van der Waals surface area contributed by atoms with E-state index in [-0.39, 0.29) is 22.7 Å². The van der Waals surface area contributed by atoms with Crippen LogP contribution < -0.4 is 10.0 Å². The first-order chi connectivity index (χ1) is 12.1. The number of anilines is 1. The van der Waals surface area contributed by atoms with Crippen molar-refractivity contribution in [2.24, 2.45) is 5.14 Å². The van der Waals surface area contributed by atoms with Crippen LogP contribution in [-0.2, 0) is 19.5 Å². The lowest BCUT2D eigenvalue weighted by atomic mass is 9.87. The highest BCUT2D eigenvalue weighted by Gasteiger charge is 2.43. The summed E-state index contributed by atoms with van der Waals surface area (Å²) in [6, 6.07) is 3.97. The van der Waals surface area contributed by atoms with E-state index < -0.39 is 21.6 Å². The number of carboxylic acid groups (broad SMARTS) is 1. The molecule has 2 saturated heterocycles. The molecular weight excluding hydrogens is 360 g/mol. The average Bonchev–Trinajstić information content (AvgIpc) is 2.52. The summed E-state index contributed by atoms with van der Waals surface area (Å²) in [7, 11) is -3.97. The minimum absolute atomic E-state index is 0.0691. The number of nitrogens with two attached hydrogens (primary N) is 1. The summed E-state index contributed by atoms with van der Waals surface area (Å²) in [6.07, 6.45) is 1.44. The number of rotatable bonds is 3. The highest BCUT2D eigenvalue weighted by molar-refractivity contribution is 7.89. The third-order valence-corrected chi connectivity index (χ3v) is 5.81. The van der Waals surface area contributed by atoms with E-state index in [1.807, 2.05) is 18.7 Å². The first kappa shape index (κ1) is 19.1. The second-order valence-electron chi connectivity index (χ2n) is 7.16. The van der Waals surface area contributed by atoms with Gasteiger partial charge in [0.15, 0.2) is 0 Å². The van der Waals surface area contributed by atoms with Gasteiger partial charge in [0.05, 0.1) is 34.0 Å². The normalized spacial score (nSPS) is 29.7. The molecule has 1 spiro atoms. The van der Waals surface area contributed by atoms with Gasteiger partial charge in [0, 0.05) is 32.5 Å². The molecule has 0 radical (unpaired) electrons. The van der Waals surface area contributed by atoms with E-state index in [0.717, 1.165) is 18.9 Å². The van der Waals surface area contributed by atoms with Crippen molar-refractivity contribution in [2.75, 3.05) is 24.6 Å². The Morgan fingerprint density at radius 3 is 2.69 bits per heavy atom. The molecule has 8 nitrogen and oxygen atoms in total. The summed E-state index contributed by atoms with van der Waals surface area (Å²) in [5.74, 6) is -1.20. The predicted octanol–water partition coefficient (Wildman–Crippen LogP) is 1.20. The number of primary sulfonamides is 1. The molecule has 2 aliphatic heterocycles. The molecule has 1 aromatic carbocycles. The summed E-state index contributed by atoms with van der Waals surface area (Å²) >= 11 is 0. The third kappa shape index (κ3) is 3.85. The van der Waals surface area contributed by atoms with Crippen LogP contribution in [0.2, 0.25) is 0 Å². The van der Waals surface area contributed by atoms with E-state index in [1.54, 1.807) is 0 Å². The van der Waals surface area contributed by atoms with Crippen LogP contribution in [0.15, 0.2) is 23.1 Å². The lowest BCUT2D eigenvalue weighted by molar-refractivity contribution is -0.163. The van der Waals surface area contributed by atoms with E-state index in [9.17, 15) is 18.3 Å². The van der Waals surface area contributed by atoms with E-state index in [4.69, 9.17) is 14.6 Å². The molecule has 0 amide bonds. The van der Waals surface area contributed by atoms with Crippen LogP contribution in [0.1, 0.15) is 37.0 Å². The van der Waals surface area contributed by atoms with Gasteiger partial charge in [-0.1, -0.05) is 0 Å². The number of sulfonamides is 1. The van der Waals surface area contributed by atoms with Crippen LogP contribution in [0.5, 0.6) is 0 Å². The minimum atomic E-state index is -3.97. The molecule has 2 heterocycles. The lowest BCUT2D eigenvalue weighted by Gasteiger charge is -2.49. The Bertz CT molecular complexity index is 807. The first-order valence-corrected chi connectivity index (χ1v) is 10.1. The van der Waals surface area contributed by atoms with Crippen LogP contribution >= 0.6 is 0 Å². The molecule has 3 atom stereocenters. The standard InChI is InChI=1S/C17H24N2O6S/c1-11-8-17(5-6-24-11)10-19(9-12(2)25-17)15-4-3-13(26(18,22)23)7-14(15)16(20)21/h3-4,7,11-12H,5-6,8-10H2,1-2H3,(H,20,21)(H2,18,22,23). The van der Waals surface area contributed by atoms with Gasteiger partial charge in [-0.3, -0.25) is 0 Å². The van der Waals surface area contributed by atoms with Crippen LogP contribution in [0.25, 0.3) is 0 Å². The maximum absolute atomic E-state index is 11.7. The van der Waals surface area contributed by atoms with E-state index in [1.165, 1.54) is 12.1 Å². The van der Waals surface area contributed by atoms with E-state index in [0.29, 0.717) is 25.4 Å². The highest BCUT2D eigenvalue weighted by atomic mass is 32.2. The molecular formula is C17H24N2O6S. The van der Waals surface area contributed by atoms with Crippen molar-refractivity contribution in [3.05, 3.63) is 23.8 Å². The summed E-state index contributed by atoms with van der Waals surface area (Å²) in [5, 5.41) is 14.7. The van der Waals surface area contributed by atoms with Crippen LogP contribution in [0.4, 0.5) is 5.69 Å². The number of carboxylic acids is 1. The van der Waals surface area contributed by atoms with Gasteiger partial charge in [0.1, 0.15) is 0 Å². The zero-order valence-corrected chi connectivity index (χ0v) is 15.7. The van der Waals surface area contributed by atoms with Crippen LogP contribution in [0.3, 0.4) is 0 Å². The van der Waals surface area contributed by atoms with Crippen molar-refractivity contribution in [1.29, 1.82) is 0 Å². The smallest absolute Gasteiger partial charge is 0.337 e. The highest BCUT2D eigenvalue weighted by Crippen LogP contribution is 2.37. The van der Waals surface area contributed by atoms with Gasteiger partial charge in [-0.2, -0.15) is 0 Å². The number of hydrogen-bond donors (Lipinski definition) is 2. The van der Waals surface area contributed by atoms with Crippen molar-refractivity contribution < 1.29 is 27.8 Å². The Morgan fingerprint density at radius 1 is 1.35 bits per heavy atom. The fourth-order valence-electron chi connectivity index (χ4n) is 3.93. The van der Waals surface area contributed by atoms with Gasteiger partial charge in [-0.15, -0.1) is 0 Å². The number of carbonyl (C=O) groups is 1. The number of nitrogens with zero attached hydrogens (tertiary/aromatic N) is 1. The largest absolute Gasteiger partial charge is 0.478 e. The van der Waals surface area contributed by atoms with E-state index in [2.05, 4.69) is 0 Å². The molecule has 3 N–H and O–H groups in total. The summed E-state index contributed by atoms with van der Waals surface area (Å²) in [5.41, 5.74) is -0.0107. The molecule has 144 valence electrons. The summed E-state index contributed by atoms with van der Waals surface area (Å²) in [4.78, 5) is 13.5. The van der Waals surface area contributed by atoms with Gasteiger partial charge in [0.2, 0.25) is 10.0 Å². The zero-order valence-electron chi connectivity index (χ0n) is 14.8. The Kier molecular flexibility index (Phi) is 5.00. The Labute approximate surface area is 152 Å². The van der Waals surface area contributed by atoms with Crippen molar-refractivity contribution in [2.45, 2.75) is 49.4 Å². The number of ether oxygens (including phenoxy) is 2. The molecule has 0 aromatic heterocycles. The molecule has 9 heteroatoms. The average molecular weight is 384 g/mol. The molecule has 2 aliphatic rings. The summed E-state index contributed by atoms with van der Waals surface area (Å²) in [6.45, 7) is 5.59. The predicted molar refractivity (Wildman–Crippen MR) is 94.9 cm³/mol. The van der Waals surface area contributed by atoms with E-state index >= 15 is 0 Å². The maximum atomic E-state index is 11.7. The molecule has 0 bridgehead atoms. The zero-order chi connectivity index (χ0) is 19.1. The monoisotopic (exact) mass is 384 g/mol. The number of aromatic carboxylic acids is 1. The fraction of sp³-hybridized carbons (Fsp3) is 0.588. The molecule has 3 unspecified atom stereocenters. The second kappa shape index (κ2) is 6.80. The number of benzene rings is 1. The molecule has 2 fully saturated rings. The third-order valence-electron chi connectivity index (χ3n) is 4.89. The Balaban J connectivity index is 1.98. The number of hydrogen-bond acceptors (Lipinski definition) is 6. The Morgan fingerprint density at radius 2 is 2.08 bits per heavy atom. The molecule has 0 saturated carbocycles. The van der Waals surface area contributed by atoms with Crippen molar-refractivity contribution >= 4 is 21.7 Å². The SMILES string of the molecule is CC1CC2(CCO1)CN(c1ccc(S(N)(=O)=O)cc1C(=O)O)CC(C)O2. The first-order valence-electron chi connectivity index (χ1n) is 8.54. The van der Waals surface area contributed by atoms with Crippen LogP contribution in [0, 0.1) is 0 Å². The topological polar surface area (TPSA) is 119 Å². The van der Waals surface area contributed by atoms with Gasteiger partial charge < -0.3 is 19.5 Å². The minimum Gasteiger partial charge on any atom is -0.478 e. The van der Waals surface area contributed by atoms with Gasteiger partial charge in [0.25, 0.3) is 0 Å². The lowest BCUT2D eigenvalue weighted by Crippen LogP contribution is -2.58. The van der Waals surface area contributed by atoms with Crippen molar-refractivity contribution in [1.82, 2.24) is 0 Å². The van der Waals surface area contributed by atoms with Gasteiger partial charge in [-0.25, -0.2) is 18.4 Å². The van der Waals surface area contributed by atoms with Crippen LogP contribution in [-0.4, -0.2) is 57.0 Å². The molecule has 1 aromatic rings. The molecule has 26 heavy (non-hydrogen) atoms. The fourth-order valence-corrected chi connectivity index (χ4v) is 4.47. The molecule has 3 rings (SSSR count). The second-order valence-corrected chi connectivity index (χ2v) is 8.72. The van der Waals surface area contributed by atoms with Crippen molar-refractivity contribution in [3.63, 3.8) is 0 Å². The maximum Gasteiger partial charge on any atom is 0.337 e. The van der Waals surface area contributed by atoms with Gasteiger partial charge >= 0.3 is 5.97 Å².